The second-order valence-corrected chi connectivity index (χ2v) is 3.52. The van der Waals surface area contributed by atoms with Crippen LogP contribution >= 0.6 is 11.6 Å². The van der Waals surface area contributed by atoms with Gasteiger partial charge in [-0.15, -0.1) is 11.6 Å². The normalized spacial score (nSPS) is 9.62. The molecular formula is C11H15ClN2O2. The predicted molar refractivity (Wildman–Crippen MR) is 64.0 cm³/mol. The molecule has 0 spiro atoms. The van der Waals surface area contributed by atoms with Gasteiger partial charge in [0.1, 0.15) is 5.75 Å². The third-order valence-electron chi connectivity index (χ3n) is 1.99. The van der Waals surface area contributed by atoms with Crippen molar-refractivity contribution in [3.8, 4) is 5.75 Å². The molecule has 0 aliphatic carbocycles. The van der Waals surface area contributed by atoms with Gasteiger partial charge in [-0.3, -0.25) is 0 Å². The van der Waals surface area contributed by atoms with Gasteiger partial charge in [-0.1, -0.05) is 12.1 Å². The topological polar surface area (TPSA) is 50.4 Å². The standard InChI is InChI=1S/C11H15ClN2O2/c1-16-10-4-2-9(3-5-10)8-14-11(15)13-7-6-12/h2-5H,6-8H2,1H3,(H2,13,14,15). The Kier molecular flexibility index (Phi) is 5.50. The summed E-state index contributed by atoms with van der Waals surface area (Å²) in [5, 5.41) is 5.34. The lowest BCUT2D eigenvalue weighted by molar-refractivity contribution is 0.241. The van der Waals surface area contributed by atoms with Gasteiger partial charge in [0.15, 0.2) is 0 Å². The maximum absolute atomic E-state index is 11.2. The molecule has 0 aliphatic heterocycles. The largest absolute Gasteiger partial charge is 0.497 e. The van der Waals surface area contributed by atoms with Crippen LogP contribution < -0.4 is 15.4 Å². The van der Waals surface area contributed by atoms with Crippen molar-refractivity contribution >= 4 is 17.6 Å². The first-order valence-corrected chi connectivity index (χ1v) is 5.50. The van der Waals surface area contributed by atoms with E-state index in [1.54, 1.807) is 7.11 Å². The maximum Gasteiger partial charge on any atom is 0.315 e. The molecule has 1 aromatic carbocycles. The Balaban J connectivity index is 2.33. The van der Waals surface area contributed by atoms with Gasteiger partial charge < -0.3 is 15.4 Å². The Bertz CT molecular complexity index is 327. The number of urea groups is 1. The van der Waals surface area contributed by atoms with Crippen LogP contribution in [0, 0.1) is 0 Å². The number of ether oxygens (including phenoxy) is 1. The van der Waals surface area contributed by atoms with Crippen molar-refractivity contribution in [2.75, 3.05) is 19.5 Å². The van der Waals surface area contributed by atoms with E-state index in [-0.39, 0.29) is 6.03 Å². The van der Waals surface area contributed by atoms with Crippen molar-refractivity contribution in [2.24, 2.45) is 0 Å². The highest BCUT2D eigenvalue weighted by Gasteiger charge is 1.99. The summed E-state index contributed by atoms with van der Waals surface area (Å²) in [6.07, 6.45) is 0. The average Bonchev–Trinajstić information content (AvgIpc) is 2.34. The number of hydrogen-bond donors (Lipinski definition) is 2. The van der Waals surface area contributed by atoms with E-state index in [0.29, 0.717) is 19.0 Å². The molecule has 0 fully saturated rings. The molecule has 1 rings (SSSR count). The maximum atomic E-state index is 11.2. The van der Waals surface area contributed by atoms with Crippen molar-refractivity contribution in [3.63, 3.8) is 0 Å². The highest BCUT2D eigenvalue weighted by Crippen LogP contribution is 2.10. The van der Waals surface area contributed by atoms with E-state index in [9.17, 15) is 4.79 Å². The second-order valence-electron chi connectivity index (χ2n) is 3.15. The third kappa shape index (κ3) is 4.40. The van der Waals surface area contributed by atoms with Crippen LogP contribution in [0.3, 0.4) is 0 Å². The van der Waals surface area contributed by atoms with Crippen LogP contribution in [0.1, 0.15) is 5.56 Å². The molecule has 0 aromatic heterocycles. The van der Waals surface area contributed by atoms with Crippen LogP contribution in [-0.2, 0) is 6.54 Å². The molecule has 4 nitrogen and oxygen atoms in total. The van der Waals surface area contributed by atoms with Gasteiger partial charge in [0.05, 0.1) is 7.11 Å². The zero-order valence-corrected chi connectivity index (χ0v) is 9.88. The molecule has 16 heavy (non-hydrogen) atoms. The lowest BCUT2D eigenvalue weighted by atomic mass is 10.2. The molecule has 0 unspecified atom stereocenters. The third-order valence-corrected chi connectivity index (χ3v) is 2.18. The van der Waals surface area contributed by atoms with Gasteiger partial charge in [-0.05, 0) is 17.7 Å². The molecule has 2 N–H and O–H groups in total. The first kappa shape index (κ1) is 12.6. The van der Waals surface area contributed by atoms with Gasteiger partial charge in [0.25, 0.3) is 0 Å². The summed E-state index contributed by atoms with van der Waals surface area (Å²) >= 11 is 5.44. The van der Waals surface area contributed by atoms with Gasteiger partial charge in [-0.2, -0.15) is 0 Å². The second kappa shape index (κ2) is 6.95. The number of carbonyl (C=O) groups is 1. The zero-order valence-electron chi connectivity index (χ0n) is 9.13. The molecule has 0 saturated heterocycles. The van der Waals surface area contributed by atoms with Crippen molar-refractivity contribution in [1.29, 1.82) is 0 Å². The Morgan fingerprint density at radius 2 is 2.00 bits per heavy atom. The van der Waals surface area contributed by atoms with Crippen molar-refractivity contribution in [3.05, 3.63) is 29.8 Å². The number of carbonyl (C=O) groups excluding carboxylic acids is 1. The number of benzene rings is 1. The summed E-state index contributed by atoms with van der Waals surface area (Å²) in [7, 11) is 1.62. The molecule has 5 heteroatoms. The van der Waals surface area contributed by atoms with Crippen LogP contribution in [0.4, 0.5) is 4.79 Å². The number of alkyl halides is 1. The van der Waals surface area contributed by atoms with Gasteiger partial charge in [0.2, 0.25) is 0 Å². The molecule has 0 heterocycles. The van der Waals surface area contributed by atoms with Crippen LogP contribution in [0.25, 0.3) is 0 Å². The number of hydrogen-bond acceptors (Lipinski definition) is 2. The van der Waals surface area contributed by atoms with E-state index >= 15 is 0 Å². The Hall–Kier alpha value is -1.42. The average molecular weight is 243 g/mol. The van der Waals surface area contributed by atoms with E-state index in [1.807, 2.05) is 24.3 Å². The van der Waals surface area contributed by atoms with E-state index in [4.69, 9.17) is 16.3 Å². The van der Waals surface area contributed by atoms with Crippen LogP contribution in [-0.4, -0.2) is 25.6 Å². The number of amides is 2. The monoisotopic (exact) mass is 242 g/mol. The minimum Gasteiger partial charge on any atom is -0.497 e. The lowest BCUT2D eigenvalue weighted by Crippen LogP contribution is -2.36. The molecular weight excluding hydrogens is 228 g/mol. The zero-order chi connectivity index (χ0) is 11.8. The molecule has 88 valence electrons. The molecule has 1 aromatic rings. The summed E-state index contributed by atoms with van der Waals surface area (Å²) < 4.78 is 5.03. The van der Waals surface area contributed by atoms with E-state index in [1.165, 1.54) is 0 Å². The SMILES string of the molecule is COc1ccc(CNC(=O)NCCCl)cc1. The first-order chi connectivity index (χ1) is 7.76. The fraction of sp³-hybridized carbons (Fsp3) is 0.364. The molecule has 0 radical (unpaired) electrons. The molecule has 0 atom stereocenters. The van der Waals surface area contributed by atoms with Gasteiger partial charge in [-0.25, -0.2) is 4.79 Å². The summed E-state index contributed by atoms with van der Waals surface area (Å²) in [5.74, 6) is 1.21. The lowest BCUT2D eigenvalue weighted by Gasteiger charge is -2.07. The van der Waals surface area contributed by atoms with Crippen molar-refractivity contribution in [2.45, 2.75) is 6.54 Å². The fourth-order valence-electron chi connectivity index (χ4n) is 1.15. The van der Waals surface area contributed by atoms with E-state index < -0.39 is 0 Å². The summed E-state index contributed by atoms with van der Waals surface area (Å²) in [4.78, 5) is 11.2. The van der Waals surface area contributed by atoms with Crippen molar-refractivity contribution < 1.29 is 9.53 Å². The van der Waals surface area contributed by atoms with Crippen LogP contribution in [0.15, 0.2) is 24.3 Å². The van der Waals surface area contributed by atoms with Crippen LogP contribution in [0.2, 0.25) is 0 Å². The minimum atomic E-state index is -0.212. The molecule has 0 bridgehead atoms. The quantitative estimate of drug-likeness (QED) is 0.773. The smallest absolute Gasteiger partial charge is 0.315 e. The Labute approximate surface area is 99.9 Å². The number of rotatable bonds is 5. The molecule has 0 saturated carbocycles. The Morgan fingerprint density at radius 1 is 1.31 bits per heavy atom. The van der Waals surface area contributed by atoms with E-state index in [0.717, 1.165) is 11.3 Å². The number of halogens is 1. The summed E-state index contributed by atoms with van der Waals surface area (Å²) in [6.45, 7) is 0.952. The fourth-order valence-corrected chi connectivity index (χ4v) is 1.24. The predicted octanol–water partition coefficient (Wildman–Crippen LogP) is 1.73. The molecule has 2 amide bonds. The summed E-state index contributed by atoms with van der Waals surface area (Å²) in [5.41, 5.74) is 1.02. The number of methoxy groups -OCH3 is 1. The Morgan fingerprint density at radius 3 is 2.56 bits per heavy atom. The minimum absolute atomic E-state index is 0.212. The van der Waals surface area contributed by atoms with Crippen LogP contribution in [0.5, 0.6) is 5.75 Å². The van der Waals surface area contributed by atoms with Gasteiger partial charge >= 0.3 is 6.03 Å². The number of nitrogens with one attached hydrogen (secondary N) is 2. The summed E-state index contributed by atoms with van der Waals surface area (Å²) in [6, 6.07) is 7.30. The highest BCUT2D eigenvalue weighted by atomic mass is 35.5. The molecule has 0 aliphatic rings. The van der Waals surface area contributed by atoms with Gasteiger partial charge in [0, 0.05) is 19.0 Å². The highest BCUT2D eigenvalue weighted by molar-refractivity contribution is 6.18. The van der Waals surface area contributed by atoms with Crippen molar-refractivity contribution in [1.82, 2.24) is 10.6 Å². The first-order valence-electron chi connectivity index (χ1n) is 4.97. The van der Waals surface area contributed by atoms with E-state index in [2.05, 4.69) is 10.6 Å².